The molecule has 1 N–H and O–H groups in total. The first kappa shape index (κ1) is 17.6. The fraction of sp³-hybridized carbons (Fsp3) is 0.471. The van der Waals surface area contributed by atoms with Crippen LogP contribution in [0.25, 0.3) is 0 Å². The molecular formula is C17H22N8O2. The fourth-order valence-corrected chi connectivity index (χ4v) is 2.82. The summed E-state index contributed by atoms with van der Waals surface area (Å²) in [5.41, 5.74) is 3.65. The number of hydrazone groups is 1. The summed E-state index contributed by atoms with van der Waals surface area (Å²) >= 11 is 0. The Hall–Kier alpha value is -2.85. The summed E-state index contributed by atoms with van der Waals surface area (Å²) < 4.78 is 10.9. The zero-order valence-corrected chi connectivity index (χ0v) is 15.0. The van der Waals surface area contributed by atoms with Crippen LogP contribution in [0.2, 0.25) is 0 Å². The molecule has 0 bridgehead atoms. The highest BCUT2D eigenvalue weighted by Crippen LogP contribution is 2.18. The van der Waals surface area contributed by atoms with Crippen molar-refractivity contribution in [1.82, 2.24) is 19.9 Å². The zero-order valence-electron chi connectivity index (χ0n) is 15.0. The summed E-state index contributed by atoms with van der Waals surface area (Å²) in [4.78, 5) is 22.1. The Morgan fingerprint density at radius 2 is 1.52 bits per heavy atom. The van der Waals surface area contributed by atoms with Crippen molar-refractivity contribution in [2.45, 2.75) is 0 Å². The molecular weight excluding hydrogens is 348 g/mol. The molecule has 0 atom stereocenters. The molecule has 0 aliphatic carbocycles. The lowest BCUT2D eigenvalue weighted by Gasteiger charge is -2.30. The largest absolute Gasteiger partial charge is 0.378 e. The van der Waals surface area contributed by atoms with Crippen LogP contribution in [0.1, 0.15) is 5.69 Å². The van der Waals surface area contributed by atoms with Gasteiger partial charge >= 0.3 is 0 Å². The molecule has 2 aromatic rings. The maximum Gasteiger partial charge on any atom is 0.250 e. The Bertz CT molecular complexity index is 725. The van der Waals surface area contributed by atoms with Crippen molar-refractivity contribution in [2.75, 3.05) is 67.8 Å². The molecule has 4 rings (SSSR count). The number of ether oxygens (including phenoxy) is 2. The first-order valence-corrected chi connectivity index (χ1v) is 9.00. The molecule has 0 spiro atoms. The summed E-state index contributed by atoms with van der Waals surface area (Å²) in [6, 6.07) is 5.64. The standard InChI is InChI=1S/C17H22N8O2/c1-2-4-18-14(3-1)13-19-23-15-20-16(24-5-9-26-10-6-24)22-17(21-15)25-7-11-27-12-8-25/h1-4,13H,5-12H2,(H,20,21,22,23)/b19-13-. The predicted octanol–water partition coefficient (Wildman–Crippen LogP) is 0.386. The van der Waals surface area contributed by atoms with Crippen molar-refractivity contribution in [1.29, 1.82) is 0 Å². The number of hydrogen-bond acceptors (Lipinski definition) is 10. The van der Waals surface area contributed by atoms with Crippen LogP contribution in [-0.4, -0.2) is 78.8 Å². The van der Waals surface area contributed by atoms with Gasteiger partial charge in [-0.25, -0.2) is 5.43 Å². The fourth-order valence-electron chi connectivity index (χ4n) is 2.82. The molecule has 0 saturated carbocycles. The van der Waals surface area contributed by atoms with Crippen molar-refractivity contribution < 1.29 is 9.47 Å². The number of hydrogen-bond donors (Lipinski definition) is 1. The van der Waals surface area contributed by atoms with Crippen molar-refractivity contribution in [3.8, 4) is 0 Å². The second-order valence-electron chi connectivity index (χ2n) is 6.08. The van der Waals surface area contributed by atoms with Crippen LogP contribution >= 0.6 is 0 Å². The van der Waals surface area contributed by atoms with Gasteiger partial charge in [0.2, 0.25) is 17.8 Å². The maximum atomic E-state index is 5.43. The number of aromatic nitrogens is 4. The first-order chi connectivity index (χ1) is 13.4. The van der Waals surface area contributed by atoms with E-state index in [2.05, 4.69) is 40.3 Å². The van der Waals surface area contributed by atoms with E-state index in [0.717, 1.165) is 31.9 Å². The van der Waals surface area contributed by atoms with Crippen LogP contribution in [0.3, 0.4) is 0 Å². The lowest BCUT2D eigenvalue weighted by atomic mass is 10.4. The maximum absolute atomic E-state index is 5.43. The third kappa shape index (κ3) is 4.66. The molecule has 2 aliphatic rings. The van der Waals surface area contributed by atoms with Gasteiger partial charge in [0.25, 0.3) is 0 Å². The minimum absolute atomic E-state index is 0.403. The molecule has 0 radical (unpaired) electrons. The molecule has 142 valence electrons. The first-order valence-electron chi connectivity index (χ1n) is 9.00. The lowest BCUT2D eigenvalue weighted by Crippen LogP contribution is -2.40. The molecule has 27 heavy (non-hydrogen) atoms. The van der Waals surface area contributed by atoms with E-state index in [1.807, 2.05) is 18.2 Å². The molecule has 2 saturated heterocycles. The van der Waals surface area contributed by atoms with Crippen LogP contribution in [0.5, 0.6) is 0 Å². The predicted molar refractivity (Wildman–Crippen MR) is 101 cm³/mol. The van der Waals surface area contributed by atoms with Gasteiger partial charge in [-0.05, 0) is 12.1 Å². The molecule has 2 aliphatic heterocycles. The van der Waals surface area contributed by atoms with E-state index < -0.39 is 0 Å². The second-order valence-corrected chi connectivity index (χ2v) is 6.08. The van der Waals surface area contributed by atoms with Gasteiger partial charge in [-0.2, -0.15) is 20.1 Å². The van der Waals surface area contributed by atoms with Gasteiger partial charge < -0.3 is 19.3 Å². The Balaban J connectivity index is 1.55. The van der Waals surface area contributed by atoms with E-state index in [1.54, 1.807) is 12.4 Å². The van der Waals surface area contributed by atoms with E-state index >= 15 is 0 Å². The molecule has 4 heterocycles. The van der Waals surface area contributed by atoms with Crippen LogP contribution in [0.4, 0.5) is 17.8 Å². The number of morpholine rings is 2. The van der Waals surface area contributed by atoms with E-state index in [4.69, 9.17) is 9.47 Å². The zero-order chi connectivity index (χ0) is 18.3. The SMILES string of the molecule is C(=N/Nc1nc(N2CCOCC2)nc(N2CCOCC2)n1)/c1ccccn1. The minimum atomic E-state index is 0.403. The van der Waals surface area contributed by atoms with Gasteiger partial charge in [0, 0.05) is 32.4 Å². The molecule has 0 aromatic carbocycles. The quantitative estimate of drug-likeness (QED) is 0.591. The van der Waals surface area contributed by atoms with Crippen molar-refractivity contribution in [2.24, 2.45) is 5.10 Å². The third-order valence-electron chi connectivity index (χ3n) is 4.25. The van der Waals surface area contributed by atoms with E-state index in [-0.39, 0.29) is 0 Å². The Morgan fingerprint density at radius 1 is 0.889 bits per heavy atom. The molecule has 0 unspecified atom stereocenters. The molecule has 10 nitrogen and oxygen atoms in total. The highest BCUT2D eigenvalue weighted by Gasteiger charge is 2.20. The Morgan fingerprint density at radius 3 is 2.07 bits per heavy atom. The van der Waals surface area contributed by atoms with E-state index in [9.17, 15) is 0 Å². The van der Waals surface area contributed by atoms with Crippen LogP contribution < -0.4 is 15.2 Å². The van der Waals surface area contributed by atoms with E-state index in [1.165, 1.54) is 0 Å². The lowest BCUT2D eigenvalue weighted by molar-refractivity contribution is 0.121. The highest BCUT2D eigenvalue weighted by atomic mass is 16.5. The number of rotatable bonds is 5. The number of nitrogens with one attached hydrogen (secondary N) is 1. The summed E-state index contributed by atoms with van der Waals surface area (Å²) in [5.74, 6) is 1.66. The van der Waals surface area contributed by atoms with Gasteiger partial charge in [-0.3, -0.25) is 4.98 Å². The third-order valence-corrected chi connectivity index (χ3v) is 4.25. The van der Waals surface area contributed by atoms with Gasteiger partial charge in [0.1, 0.15) is 0 Å². The van der Waals surface area contributed by atoms with Crippen molar-refractivity contribution in [3.05, 3.63) is 30.1 Å². The van der Waals surface area contributed by atoms with E-state index in [0.29, 0.717) is 44.3 Å². The number of anilines is 3. The molecule has 2 aromatic heterocycles. The monoisotopic (exact) mass is 370 g/mol. The molecule has 2 fully saturated rings. The molecule has 10 heteroatoms. The topological polar surface area (TPSA) is 101 Å². The van der Waals surface area contributed by atoms with Crippen LogP contribution in [0, 0.1) is 0 Å². The van der Waals surface area contributed by atoms with Crippen LogP contribution in [-0.2, 0) is 9.47 Å². The highest BCUT2D eigenvalue weighted by molar-refractivity contribution is 5.77. The normalized spacial score (nSPS) is 18.1. The Labute approximate surface area is 157 Å². The van der Waals surface area contributed by atoms with Crippen LogP contribution in [0.15, 0.2) is 29.5 Å². The smallest absolute Gasteiger partial charge is 0.250 e. The second kappa shape index (κ2) is 8.69. The van der Waals surface area contributed by atoms with Crippen molar-refractivity contribution >= 4 is 24.1 Å². The average Bonchev–Trinajstić information content (AvgIpc) is 2.76. The summed E-state index contributed by atoms with van der Waals surface area (Å²) in [6.45, 7) is 5.68. The molecule has 0 amide bonds. The minimum Gasteiger partial charge on any atom is -0.378 e. The van der Waals surface area contributed by atoms with Crippen molar-refractivity contribution in [3.63, 3.8) is 0 Å². The Kier molecular flexibility index (Phi) is 5.65. The number of nitrogens with zero attached hydrogens (tertiary/aromatic N) is 7. The summed E-state index contributed by atoms with van der Waals surface area (Å²) in [5, 5.41) is 4.21. The van der Waals surface area contributed by atoms with Gasteiger partial charge in [0.05, 0.1) is 38.3 Å². The van der Waals surface area contributed by atoms with Gasteiger partial charge in [-0.15, -0.1) is 0 Å². The number of pyridine rings is 1. The summed E-state index contributed by atoms with van der Waals surface area (Å²) in [7, 11) is 0. The average molecular weight is 370 g/mol. The van der Waals surface area contributed by atoms with Gasteiger partial charge in [0.15, 0.2) is 0 Å². The summed E-state index contributed by atoms with van der Waals surface area (Å²) in [6.07, 6.45) is 3.35. The van der Waals surface area contributed by atoms with Gasteiger partial charge in [-0.1, -0.05) is 6.07 Å².